The van der Waals surface area contributed by atoms with Gasteiger partial charge in [0.25, 0.3) is 0 Å². The third-order valence-electron chi connectivity index (χ3n) is 4.06. The van der Waals surface area contributed by atoms with E-state index in [2.05, 4.69) is 5.32 Å². The summed E-state index contributed by atoms with van der Waals surface area (Å²) in [5.74, 6) is -0.909. The number of carbonyl (C=O) groups excluding carboxylic acids is 1. The molecule has 1 amide bonds. The van der Waals surface area contributed by atoms with Gasteiger partial charge >= 0.3 is 5.97 Å². The number of hydrogen-bond acceptors (Lipinski definition) is 3. The lowest BCUT2D eigenvalue weighted by Gasteiger charge is -2.39. The maximum atomic E-state index is 12.1. The minimum absolute atomic E-state index is 0.0284. The molecule has 0 saturated heterocycles. The Kier molecular flexibility index (Phi) is 4.39. The summed E-state index contributed by atoms with van der Waals surface area (Å²) < 4.78 is 0. The largest absolute Gasteiger partial charge is 0.478 e. The number of carboxylic acid groups (broad SMARTS) is 1. The first kappa shape index (κ1) is 14.5. The van der Waals surface area contributed by atoms with Crippen LogP contribution in [-0.4, -0.2) is 30.1 Å². The van der Waals surface area contributed by atoms with E-state index < -0.39 is 5.97 Å². The highest BCUT2D eigenvalue weighted by Crippen LogP contribution is 2.39. The van der Waals surface area contributed by atoms with Crippen molar-refractivity contribution in [3.8, 4) is 0 Å². The highest BCUT2D eigenvalue weighted by atomic mass is 16.4. The Morgan fingerprint density at radius 1 is 1.35 bits per heavy atom. The molecule has 1 aliphatic rings. The second-order valence-electron chi connectivity index (χ2n) is 5.35. The second kappa shape index (κ2) is 6.05. The van der Waals surface area contributed by atoms with Crippen LogP contribution in [0.2, 0.25) is 0 Å². The number of hydrogen-bond donors (Lipinski definition) is 3. The Hall–Kier alpha value is -1.88. The number of nitrogens with two attached hydrogens (primary N) is 1. The molecule has 5 heteroatoms. The predicted octanol–water partition coefficient (Wildman–Crippen LogP) is 1.17. The molecule has 0 aromatic heterocycles. The smallest absolute Gasteiger partial charge is 0.335 e. The van der Waals surface area contributed by atoms with E-state index in [0.717, 1.165) is 24.8 Å². The van der Waals surface area contributed by atoms with Crippen LogP contribution in [0.4, 0.5) is 0 Å². The van der Waals surface area contributed by atoms with Crippen molar-refractivity contribution in [3.05, 3.63) is 35.4 Å². The zero-order valence-electron chi connectivity index (χ0n) is 11.4. The molecule has 1 saturated carbocycles. The minimum Gasteiger partial charge on any atom is -0.478 e. The SMILES string of the molecule is NCC1(C(=O)NCCc2cccc(C(=O)O)c2)CCC1. The molecule has 1 aromatic carbocycles. The lowest BCUT2D eigenvalue weighted by Crippen LogP contribution is -2.50. The molecule has 20 heavy (non-hydrogen) atoms. The van der Waals surface area contributed by atoms with E-state index >= 15 is 0 Å². The summed E-state index contributed by atoms with van der Waals surface area (Å²) in [4.78, 5) is 22.9. The van der Waals surface area contributed by atoms with E-state index in [9.17, 15) is 9.59 Å². The lowest BCUT2D eigenvalue weighted by molar-refractivity contribution is -0.135. The number of aromatic carboxylic acids is 1. The summed E-state index contributed by atoms with van der Waals surface area (Å²) in [6.07, 6.45) is 3.41. The maximum absolute atomic E-state index is 12.1. The Balaban J connectivity index is 1.85. The van der Waals surface area contributed by atoms with Crippen molar-refractivity contribution in [1.82, 2.24) is 5.32 Å². The fourth-order valence-corrected chi connectivity index (χ4v) is 2.50. The van der Waals surface area contributed by atoms with Crippen LogP contribution in [0.25, 0.3) is 0 Å². The molecule has 0 spiro atoms. The third kappa shape index (κ3) is 2.99. The van der Waals surface area contributed by atoms with Crippen LogP contribution in [0.5, 0.6) is 0 Å². The van der Waals surface area contributed by atoms with Crippen LogP contribution in [-0.2, 0) is 11.2 Å². The first-order valence-electron chi connectivity index (χ1n) is 6.88. The van der Waals surface area contributed by atoms with E-state index in [1.54, 1.807) is 18.2 Å². The van der Waals surface area contributed by atoms with Gasteiger partial charge in [-0.2, -0.15) is 0 Å². The van der Waals surface area contributed by atoms with Gasteiger partial charge in [-0.1, -0.05) is 18.6 Å². The van der Waals surface area contributed by atoms with Crippen LogP contribution < -0.4 is 11.1 Å². The molecule has 1 fully saturated rings. The summed E-state index contributed by atoms with van der Waals surface area (Å²) >= 11 is 0. The third-order valence-corrected chi connectivity index (χ3v) is 4.06. The van der Waals surface area contributed by atoms with Crippen molar-refractivity contribution in [2.75, 3.05) is 13.1 Å². The molecule has 0 atom stereocenters. The Labute approximate surface area is 118 Å². The topological polar surface area (TPSA) is 92.4 Å². The molecular weight excluding hydrogens is 256 g/mol. The summed E-state index contributed by atoms with van der Waals surface area (Å²) in [7, 11) is 0. The zero-order valence-corrected chi connectivity index (χ0v) is 11.4. The van der Waals surface area contributed by atoms with Gasteiger partial charge in [-0.25, -0.2) is 4.79 Å². The van der Waals surface area contributed by atoms with Crippen molar-refractivity contribution in [3.63, 3.8) is 0 Å². The van der Waals surface area contributed by atoms with Crippen LogP contribution in [0, 0.1) is 5.41 Å². The van der Waals surface area contributed by atoms with Crippen molar-refractivity contribution in [2.45, 2.75) is 25.7 Å². The van der Waals surface area contributed by atoms with Crippen molar-refractivity contribution >= 4 is 11.9 Å². The monoisotopic (exact) mass is 276 g/mol. The summed E-state index contributed by atoms with van der Waals surface area (Å²) in [6.45, 7) is 0.900. The van der Waals surface area contributed by atoms with E-state index in [-0.39, 0.29) is 16.9 Å². The van der Waals surface area contributed by atoms with Crippen molar-refractivity contribution in [2.24, 2.45) is 11.1 Å². The molecule has 1 aliphatic carbocycles. The van der Waals surface area contributed by atoms with Crippen molar-refractivity contribution in [1.29, 1.82) is 0 Å². The Morgan fingerprint density at radius 3 is 2.65 bits per heavy atom. The van der Waals surface area contributed by atoms with Gasteiger partial charge in [-0.3, -0.25) is 4.79 Å². The van der Waals surface area contributed by atoms with E-state index in [0.29, 0.717) is 19.5 Å². The van der Waals surface area contributed by atoms with Gasteiger partial charge in [0.15, 0.2) is 0 Å². The highest BCUT2D eigenvalue weighted by molar-refractivity contribution is 5.87. The van der Waals surface area contributed by atoms with Crippen LogP contribution in [0.1, 0.15) is 35.2 Å². The van der Waals surface area contributed by atoms with E-state index in [4.69, 9.17) is 10.8 Å². The average Bonchev–Trinajstić information content (AvgIpc) is 2.38. The molecule has 0 aliphatic heterocycles. The average molecular weight is 276 g/mol. The van der Waals surface area contributed by atoms with E-state index in [1.165, 1.54) is 0 Å². The maximum Gasteiger partial charge on any atom is 0.335 e. The second-order valence-corrected chi connectivity index (χ2v) is 5.35. The molecule has 0 bridgehead atoms. The van der Waals surface area contributed by atoms with Crippen molar-refractivity contribution < 1.29 is 14.7 Å². The van der Waals surface area contributed by atoms with Gasteiger partial charge in [0.1, 0.15) is 0 Å². The molecule has 108 valence electrons. The number of amides is 1. The summed E-state index contributed by atoms with van der Waals surface area (Å²) in [5, 5.41) is 11.8. The van der Waals surface area contributed by atoms with Gasteiger partial charge in [-0.05, 0) is 37.0 Å². The Bertz CT molecular complexity index is 504. The van der Waals surface area contributed by atoms with Crippen LogP contribution in [0.3, 0.4) is 0 Å². The first-order chi connectivity index (χ1) is 9.57. The zero-order chi connectivity index (χ0) is 14.6. The fraction of sp³-hybridized carbons (Fsp3) is 0.467. The van der Waals surface area contributed by atoms with Crippen LogP contribution in [0.15, 0.2) is 24.3 Å². The highest BCUT2D eigenvalue weighted by Gasteiger charge is 2.42. The summed E-state index contributed by atoms with van der Waals surface area (Å²) in [5.41, 5.74) is 6.49. The molecule has 0 unspecified atom stereocenters. The number of benzene rings is 1. The van der Waals surface area contributed by atoms with Crippen LogP contribution >= 0.6 is 0 Å². The van der Waals surface area contributed by atoms with Gasteiger partial charge in [0.05, 0.1) is 11.0 Å². The predicted molar refractivity (Wildman–Crippen MR) is 75.5 cm³/mol. The minimum atomic E-state index is -0.938. The van der Waals surface area contributed by atoms with Gasteiger partial charge in [0, 0.05) is 13.1 Å². The quantitative estimate of drug-likeness (QED) is 0.727. The molecule has 0 radical (unpaired) electrons. The number of carboxylic acids is 1. The number of carbonyl (C=O) groups is 2. The fourth-order valence-electron chi connectivity index (χ4n) is 2.50. The Morgan fingerprint density at radius 2 is 2.10 bits per heavy atom. The molecular formula is C15H20N2O3. The van der Waals surface area contributed by atoms with Gasteiger partial charge in [-0.15, -0.1) is 0 Å². The first-order valence-corrected chi connectivity index (χ1v) is 6.88. The lowest BCUT2D eigenvalue weighted by atomic mass is 9.68. The molecule has 5 nitrogen and oxygen atoms in total. The number of rotatable bonds is 6. The standard InChI is InChI=1S/C15H20N2O3/c16-10-15(6-2-7-15)14(20)17-8-5-11-3-1-4-12(9-11)13(18)19/h1,3-4,9H,2,5-8,10,16H2,(H,17,20)(H,18,19). The normalized spacial score (nSPS) is 16.2. The molecule has 2 rings (SSSR count). The summed E-state index contributed by atoms with van der Waals surface area (Å²) in [6, 6.07) is 6.77. The molecule has 1 aromatic rings. The van der Waals surface area contributed by atoms with Gasteiger partial charge < -0.3 is 16.2 Å². The molecule has 4 N–H and O–H groups in total. The van der Waals surface area contributed by atoms with Gasteiger partial charge in [0.2, 0.25) is 5.91 Å². The molecule has 0 heterocycles. The van der Waals surface area contributed by atoms with E-state index in [1.807, 2.05) is 6.07 Å². The number of nitrogens with one attached hydrogen (secondary N) is 1.